The normalized spacial score (nSPS) is 46.4. The van der Waals surface area contributed by atoms with E-state index in [2.05, 4.69) is 0 Å². The van der Waals surface area contributed by atoms with E-state index < -0.39 is 30.6 Å². The van der Waals surface area contributed by atoms with Crippen LogP contribution in [-0.4, -0.2) is 59.7 Å². The highest BCUT2D eigenvalue weighted by Crippen LogP contribution is 2.20. The number of rotatable bonds is 2. The molecule has 0 aromatic heterocycles. The number of ether oxygens (including phenoxy) is 2. The first-order valence-corrected chi connectivity index (χ1v) is 4.02. The van der Waals surface area contributed by atoms with Gasteiger partial charge in [0, 0.05) is 7.11 Å². The van der Waals surface area contributed by atoms with Crippen molar-refractivity contribution in [2.24, 2.45) is 5.73 Å². The Morgan fingerprint density at radius 2 is 2.08 bits per heavy atom. The van der Waals surface area contributed by atoms with Gasteiger partial charge in [0.2, 0.25) is 0 Å². The summed E-state index contributed by atoms with van der Waals surface area (Å²) < 4.78 is 9.82. The Morgan fingerprint density at radius 3 is 2.54 bits per heavy atom. The summed E-state index contributed by atoms with van der Waals surface area (Å²) in [7, 11) is 1.38. The maximum atomic E-state index is 9.51. The van der Waals surface area contributed by atoms with Gasteiger partial charge < -0.3 is 30.5 Å². The summed E-state index contributed by atoms with van der Waals surface area (Å²) >= 11 is 0. The molecule has 0 aromatic carbocycles. The lowest BCUT2D eigenvalue weighted by Crippen LogP contribution is -2.62. The zero-order valence-electron chi connectivity index (χ0n) is 7.33. The van der Waals surface area contributed by atoms with Crippen LogP contribution < -0.4 is 5.73 Å². The lowest BCUT2D eigenvalue weighted by molar-refractivity contribution is -0.254. The third-order valence-electron chi connectivity index (χ3n) is 2.19. The molecule has 5 N–H and O–H groups in total. The summed E-state index contributed by atoms with van der Waals surface area (Å²) in [6, 6.07) is -0.909. The highest BCUT2D eigenvalue weighted by molar-refractivity contribution is 4.91. The molecule has 0 aromatic rings. The van der Waals surface area contributed by atoms with Gasteiger partial charge in [-0.05, 0) is 0 Å². The smallest absolute Gasteiger partial charge is 0.173 e. The van der Waals surface area contributed by atoms with Gasteiger partial charge in [-0.15, -0.1) is 0 Å². The summed E-state index contributed by atoms with van der Waals surface area (Å²) in [5.74, 6) is 0. The second kappa shape index (κ2) is 4.32. The second-order valence-electron chi connectivity index (χ2n) is 3.02. The molecule has 0 radical (unpaired) electrons. The van der Waals surface area contributed by atoms with Crippen molar-refractivity contribution in [2.45, 2.75) is 30.6 Å². The van der Waals surface area contributed by atoms with Crippen LogP contribution in [0.5, 0.6) is 0 Å². The van der Waals surface area contributed by atoms with Gasteiger partial charge in [0.15, 0.2) is 6.29 Å². The fourth-order valence-corrected chi connectivity index (χ4v) is 1.39. The summed E-state index contributed by atoms with van der Waals surface area (Å²) in [6.07, 6.45) is -3.75. The lowest BCUT2D eigenvalue weighted by Gasteiger charge is -2.39. The molecule has 0 spiro atoms. The number of nitrogens with two attached hydrogens (primary N) is 1. The molecule has 5 atom stereocenters. The minimum atomic E-state index is -1.27. The van der Waals surface area contributed by atoms with Crippen LogP contribution in [0.3, 0.4) is 0 Å². The molecule has 6 heteroatoms. The molecule has 0 saturated carbocycles. The van der Waals surface area contributed by atoms with Gasteiger partial charge in [-0.25, -0.2) is 0 Å². The van der Waals surface area contributed by atoms with Gasteiger partial charge in [0.25, 0.3) is 0 Å². The minimum Gasteiger partial charge on any atom is -0.394 e. The van der Waals surface area contributed by atoms with E-state index in [-0.39, 0.29) is 6.61 Å². The summed E-state index contributed by atoms with van der Waals surface area (Å²) in [5, 5.41) is 27.5. The quantitative estimate of drug-likeness (QED) is 0.383. The van der Waals surface area contributed by atoms with Crippen molar-refractivity contribution in [3.8, 4) is 0 Å². The monoisotopic (exact) mass is 193 g/mol. The summed E-state index contributed by atoms with van der Waals surface area (Å²) in [6.45, 7) is -0.334. The van der Waals surface area contributed by atoms with E-state index in [1.807, 2.05) is 0 Å². The van der Waals surface area contributed by atoms with Crippen molar-refractivity contribution < 1.29 is 24.8 Å². The zero-order chi connectivity index (χ0) is 10.0. The average Bonchev–Trinajstić information content (AvgIpc) is 2.13. The van der Waals surface area contributed by atoms with Crippen LogP contribution in [0.1, 0.15) is 0 Å². The Hall–Kier alpha value is -0.240. The molecule has 0 aliphatic carbocycles. The molecule has 1 aliphatic heterocycles. The molecule has 0 amide bonds. The van der Waals surface area contributed by atoms with Crippen LogP contribution in [-0.2, 0) is 9.47 Å². The maximum Gasteiger partial charge on any atom is 0.173 e. The summed E-state index contributed by atoms with van der Waals surface area (Å²) in [5.41, 5.74) is 5.42. The van der Waals surface area contributed by atoms with Gasteiger partial charge in [0.05, 0.1) is 12.6 Å². The molecule has 0 bridgehead atoms. The van der Waals surface area contributed by atoms with Crippen LogP contribution >= 0.6 is 0 Å². The van der Waals surface area contributed by atoms with E-state index in [1.54, 1.807) is 0 Å². The van der Waals surface area contributed by atoms with Crippen molar-refractivity contribution in [2.75, 3.05) is 13.7 Å². The number of hydrogen-bond acceptors (Lipinski definition) is 6. The highest BCUT2D eigenvalue weighted by atomic mass is 16.6. The third kappa shape index (κ3) is 1.98. The Bertz CT molecular complexity index is 165. The number of methoxy groups -OCH3 is 1. The molecule has 1 unspecified atom stereocenters. The van der Waals surface area contributed by atoms with Crippen LogP contribution in [0.15, 0.2) is 0 Å². The fraction of sp³-hybridized carbons (Fsp3) is 1.00. The Morgan fingerprint density at radius 1 is 1.46 bits per heavy atom. The number of aliphatic hydroxyl groups excluding tert-OH is 3. The molecule has 78 valence electrons. The molecule has 6 nitrogen and oxygen atoms in total. The van der Waals surface area contributed by atoms with Crippen LogP contribution in [0.4, 0.5) is 0 Å². The largest absolute Gasteiger partial charge is 0.394 e. The molecule has 13 heavy (non-hydrogen) atoms. The van der Waals surface area contributed by atoms with Crippen LogP contribution in [0.25, 0.3) is 0 Å². The third-order valence-corrected chi connectivity index (χ3v) is 2.19. The molecule has 1 aliphatic rings. The van der Waals surface area contributed by atoms with Crippen LogP contribution in [0, 0.1) is 0 Å². The van der Waals surface area contributed by atoms with Crippen molar-refractivity contribution in [3.05, 3.63) is 0 Å². The van der Waals surface area contributed by atoms with E-state index in [0.29, 0.717) is 0 Å². The second-order valence-corrected chi connectivity index (χ2v) is 3.02. The van der Waals surface area contributed by atoms with Gasteiger partial charge in [-0.3, -0.25) is 0 Å². The van der Waals surface area contributed by atoms with E-state index in [9.17, 15) is 10.2 Å². The van der Waals surface area contributed by atoms with Gasteiger partial charge in [-0.1, -0.05) is 0 Å². The molecule has 1 fully saturated rings. The topological polar surface area (TPSA) is 105 Å². The van der Waals surface area contributed by atoms with Crippen molar-refractivity contribution in [1.82, 2.24) is 0 Å². The van der Waals surface area contributed by atoms with Crippen molar-refractivity contribution >= 4 is 0 Å². The number of hydrogen-bond donors (Lipinski definition) is 4. The molecular weight excluding hydrogens is 178 g/mol. The average molecular weight is 193 g/mol. The van der Waals surface area contributed by atoms with Gasteiger partial charge in [0.1, 0.15) is 18.3 Å². The Labute approximate surface area is 75.9 Å². The standard InChI is InChI=1S/C7H15NO5/c1-12-6-3(2-9)13-7(11)4(8)5(6)10/h3-7,9-11H,2,8H2,1H3/t3-,4-,5-,6-,7?/m1/s1. The van der Waals surface area contributed by atoms with Gasteiger partial charge in [-0.2, -0.15) is 0 Å². The molecule has 1 rings (SSSR count). The van der Waals surface area contributed by atoms with E-state index in [1.165, 1.54) is 7.11 Å². The first kappa shape index (κ1) is 10.8. The van der Waals surface area contributed by atoms with Gasteiger partial charge >= 0.3 is 0 Å². The van der Waals surface area contributed by atoms with E-state index >= 15 is 0 Å². The molecule has 1 heterocycles. The maximum absolute atomic E-state index is 9.51. The Balaban J connectivity index is 2.69. The molecule has 1 saturated heterocycles. The van der Waals surface area contributed by atoms with Crippen LogP contribution in [0.2, 0.25) is 0 Å². The summed E-state index contributed by atoms with van der Waals surface area (Å²) in [4.78, 5) is 0. The number of aliphatic hydroxyl groups is 3. The SMILES string of the molecule is CO[C@H]1[C@H](O)[C@@H](N)C(O)O[C@@H]1CO. The lowest BCUT2D eigenvalue weighted by atomic mass is 9.98. The van der Waals surface area contributed by atoms with E-state index in [4.69, 9.17) is 20.3 Å². The predicted octanol–water partition coefficient (Wildman–Crippen LogP) is -2.60. The highest BCUT2D eigenvalue weighted by Gasteiger charge is 2.42. The first-order valence-electron chi connectivity index (χ1n) is 4.02. The predicted molar refractivity (Wildman–Crippen MR) is 42.7 cm³/mol. The first-order chi connectivity index (χ1) is 6.11. The molecular formula is C7H15NO5. The van der Waals surface area contributed by atoms with Crippen molar-refractivity contribution in [3.63, 3.8) is 0 Å². The van der Waals surface area contributed by atoms with Crippen molar-refractivity contribution in [1.29, 1.82) is 0 Å². The Kier molecular flexibility index (Phi) is 3.60. The minimum absolute atomic E-state index is 0.334. The fourth-order valence-electron chi connectivity index (χ4n) is 1.39. The van der Waals surface area contributed by atoms with E-state index in [0.717, 1.165) is 0 Å². The zero-order valence-corrected chi connectivity index (χ0v) is 7.33.